The smallest absolute Gasteiger partial charge is 0.222 e. The molecule has 2 saturated carbocycles. The number of rotatable bonds is 5. The predicted molar refractivity (Wildman–Crippen MR) is 99.0 cm³/mol. The second-order valence-electron chi connectivity index (χ2n) is 8.11. The van der Waals surface area contributed by atoms with Gasteiger partial charge in [0, 0.05) is 39.2 Å². The first-order chi connectivity index (χ1) is 12.2. The molecule has 6 nitrogen and oxygen atoms in total. The molecule has 0 aromatic rings. The minimum atomic E-state index is 0.207. The van der Waals surface area contributed by atoms with Gasteiger partial charge in [0.2, 0.25) is 5.91 Å². The number of carbonyl (C=O) groups excluding carboxylic acids is 1. The summed E-state index contributed by atoms with van der Waals surface area (Å²) in [5, 5.41) is 13.8. The number of carbonyl (C=O) groups is 1. The molecule has 4 N–H and O–H groups in total. The first kappa shape index (κ1) is 19.1. The second-order valence-corrected chi connectivity index (χ2v) is 8.11. The third-order valence-electron chi connectivity index (χ3n) is 6.63. The lowest BCUT2D eigenvalue weighted by atomic mass is 9.78. The van der Waals surface area contributed by atoms with E-state index >= 15 is 0 Å². The summed E-state index contributed by atoms with van der Waals surface area (Å²) in [7, 11) is 3.58. The third kappa shape index (κ3) is 5.16. The zero-order valence-electron chi connectivity index (χ0n) is 15.9. The van der Waals surface area contributed by atoms with Crippen molar-refractivity contribution in [3.63, 3.8) is 0 Å². The topological polar surface area (TPSA) is 74.4 Å². The Bertz CT molecular complexity index is 410. The van der Waals surface area contributed by atoms with E-state index in [0.717, 1.165) is 50.6 Å². The Labute approximate surface area is 152 Å². The van der Waals surface area contributed by atoms with Gasteiger partial charge in [-0.25, -0.2) is 0 Å². The van der Waals surface area contributed by atoms with Crippen LogP contribution >= 0.6 is 0 Å². The SMILES string of the molecule is CNC(=O)C1CCC(NC2NCC(C3CCC(OC)CC3)CN2)CC1. The Hall–Kier alpha value is -0.690. The third-order valence-corrected chi connectivity index (χ3v) is 6.63. The molecular weight excluding hydrogens is 316 g/mol. The molecule has 0 aromatic carbocycles. The van der Waals surface area contributed by atoms with Crippen molar-refractivity contribution >= 4 is 5.91 Å². The number of amides is 1. The van der Waals surface area contributed by atoms with E-state index in [4.69, 9.17) is 4.74 Å². The fourth-order valence-corrected chi connectivity index (χ4v) is 4.89. The van der Waals surface area contributed by atoms with Gasteiger partial charge in [-0.05, 0) is 63.2 Å². The fraction of sp³-hybridized carbons (Fsp3) is 0.947. The normalized spacial score (nSPS) is 39.8. The Morgan fingerprint density at radius 3 is 2.12 bits per heavy atom. The zero-order chi connectivity index (χ0) is 17.6. The molecule has 3 rings (SSSR count). The first-order valence-electron chi connectivity index (χ1n) is 10.2. The predicted octanol–water partition coefficient (Wildman–Crippen LogP) is 1.18. The molecule has 1 saturated heterocycles. The van der Waals surface area contributed by atoms with Crippen molar-refractivity contribution in [1.29, 1.82) is 0 Å². The Morgan fingerprint density at radius 2 is 1.56 bits per heavy atom. The van der Waals surface area contributed by atoms with Crippen LogP contribution in [0.1, 0.15) is 51.4 Å². The quantitative estimate of drug-likeness (QED) is 0.598. The van der Waals surface area contributed by atoms with Gasteiger partial charge in [-0.2, -0.15) is 0 Å². The number of methoxy groups -OCH3 is 1. The summed E-state index contributed by atoms with van der Waals surface area (Å²) in [6, 6.07) is 0.514. The van der Waals surface area contributed by atoms with Gasteiger partial charge in [0.1, 0.15) is 6.29 Å². The van der Waals surface area contributed by atoms with Gasteiger partial charge in [0.25, 0.3) is 0 Å². The highest BCUT2D eigenvalue weighted by molar-refractivity contribution is 5.78. The summed E-state index contributed by atoms with van der Waals surface area (Å²) in [4.78, 5) is 11.7. The molecule has 0 radical (unpaired) electrons. The highest BCUT2D eigenvalue weighted by Gasteiger charge is 2.32. The molecule has 3 fully saturated rings. The number of hydrogen-bond acceptors (Lipinski definition) is 5. The van der Waals surface area contributed by atoms with E-state index in [1.54, 1.807) is 7.05 Å². The van der Waals surface area contributed by atoms with Crippen LogP contribution in [0.2, 0.25) is 0 Å². The number of ether oxygens (including phenoxy) is 1. The number of hydrogen-bond donors (Lipinski definition) is 4. The molecule has 3 aliphatic rings. The second kappa shape index (κ2) is 9.31. The van der Waals surface area contributed by atoms with Gasteiger partial charge in [-0.1, -0.05) is 0 Å². The average molecular weight is 353 g/mol. The molecule has 25 heavy (non-hydrogen) atoms. The molecule has 6 heteroatoms. The van der Waals surface area contributed by atoms with Crippen molar-refractivity contribution in [3.8, 4) is 0 Å². The minimum Gasteiger partial charge on any atom is -0.381 e. The van der Waals surface area contributed by atoms with Crippen LogP contribution in [0, 0.1) is 17.8 Å². The summed E-state index contributed by atoms with van der Waals surface area (Å²) in [5.74, 6) is 1.98. The summed E-state index contributed by atoms with van der Waals surface area (Å²) in [5.41, 5.74) is 0. The molecule has 2 aliphatic carbocycles. The van der Waals surface area contributed by atoms with Crippen molar-refractivity contribution in [2.45, 2.75) is 69.8 Å². The molecule has 0 atom stereocenters. The first-order valence-corrected chi connectivity index (χ1v) is 10.2. The maximum Gasteiger partial charge on any atom is 0.222 e. The van der Waals surface area contributed by atoms with Crippen molar-refractivity contribution in [1.82, 2.24) is 21.3 Å². The molecule has 1 aliphatic heterocycles. The van der Waals surface area contributed by atoms with Crippen molar-refractivity contribution in [2.24, 2.45) is 17.8 Å². The molecule has 0 aromatic heterocycles. The van der Waals surface area contributed by atoms with E-state index in [1.807, 2.05) is 7.11 Å². The molecule has 0 unspecified atom stereocenters. The van der Waals surface area contributed by atoms with E-state index in [1.165, 1.54) is 25.7 Å². The summed E-state index contributed by atoms with van der Waals surface area (Å²) in [6.07, 6.45) is 9.90. The van der Waals surface area contributed by atoms with E-state index in [0.29, 0.717) is 12.1 Å². The Morgan fingerprint density at radius 1 is 0.920 bits per heavy atom. The largest absolute Gasteiger partial charge is 0.381 e. The van der Waals surface area contributed by atoms with Crippen molar-refractivity contribution in [3.05, 3.63) is 0 Å². The van der Waals surface area contributed by atoms with Crippen LogP contribution in [0.15, 0.2) is 0 Å². The molecule has 0 bridgehead atoms. The minimum absolute atomic E-state index is 0.207. The lowest BCUT2D eigenvalue weighted by molar-refractivity contribution is -0.125. The van der Waals surface area contributed by atoms with Crippen LogP contribution < -0.4 is 21.3 Å². The average Bonchev–Trinajstić information content (AvgIpc) is 2.68. The monoisotopic (exact) mass is 352 g/mol. The highest BCUT2D eigenvalue weighted by Crippen LogP contribution is 2.32. The van der Waals surface area contributed by atoms with Gasteiger partial charge in [0.15, 0.2) is 0 Å². The lowest BCUT2D eigenvalue weighted by Crippen LogP contribution is -2.63. The maximum absolute atomic E-state index is 11.7. The van der Waals surface area contributed by atoms with Crippen LogP contribution in [0.4, 0.5) is 0 Å². The van der Waals surface area contributed by atoms with Crippen LogP contribution in [-0.2, 0) is 9.53 Å². The fourth-order valence-electron chi connectivity index (χ4n) is 4.89. The number of nitrogens with one attached hydrogen (secondary N) is 4. The van der Waals surface area contributed by atoms with E-state index < -0.39 is 0 Å². The molecule has 144 valence electrons. The maximum atomic E-state index is 11.7. The lowest BCUT2D eigenvalue weighted by Gasteiger charge is -2.40. The van der Waals surface area contributed by atoms with E-state index in [2.05, 4.69) is 21.3 Å². The van der Waals surface area contributed by atoms with Gasteiger partial charge in [0.05, 0.1) is 6.10 Å². The standard InChI is InChI=1S/C19H36N4O2/c1-20-18(24)14-3-7-16(8-4-14)23-19-21-11-15(12-22-19)13-5-9-17(25-2)10-6-13/h13-17,19,21-23H,3-12H2,1-2H3,(H,20,24). The van der Waals surface area contributed by atoms with Crippen LogP contribution in [-0.4, -0.2) is 51.6 Å². The Balaban J connectivity index is 1.34. The summed E-state index contributed by atoms with van der Waals surface area (Å²) in [6.45, 7) is 2.20. The molecule has 0 spiro atoms. The van der Waals surface area contributed by atoms with Gasteiger partial charge in [-0.15, -0.1) is 0 Å². The van der Waals surface area contributed by atoms with Gasteiger partial charge in [-0.3, -0.25) is 20.7 Å². The molecule has 1 amide bonds. The van der Waals surface area contributed by atoms with Gasteiger partial charge >= 0.3 is 0 Å². The van der Waals surface area contributed by atoms with Crippen molar-refractivity contribution < 1.29 is 9.53 Å². The molecule has 1 heterocycles. The zero-order valence-corrected chi connectivity index (χ0v) is 15.9. The van der Waals surface area contributed by atoms with E-state index in [-0.39, 0.29) is 18.1 Å². The van der Waals surface area contributed by atoms with Gasteiger partial charge < -0.3 is 10.1 Å². The summed E-state index contributed by atoms with van der Waals surface area (Å²) < 4.78 is 5.49. The van der Waals surface area contributed by atoms with Crippen LogP contribution in [0.3, 0.4) is 0 Å². The van der Waals surface area contributed by atoms with Crippen molar-refractivity contribution in [2.75, 3.05) is 27.2 Å². The molecular formula is C19H36N4O2. The van der Waals surface area contributed by atoms with Crippen LogP contribution in [0.5, 0.6) is 0 Å². The Kier molecular flexibility index (Phi) is 7.10. The summed E-state index contributed by atoms with van der Waals surface area (Å²) >= 11 is 0. The highest BCUT2D eigenvalue weighted by atomic mass is 16.5. The van der Waals surface area contributed by atoms with E-state index in [9.17, 15) is 4.79 Å². The van der Waals surface area contributed by atoms with Crippen LogP contribution in [0.25, 0.3) is 0 Å².